The lowest BCUT2D eigenvalue weighted by Gasteiger charge is -2.07. The number of amides is 1. The first-order chi connectivity index (χ1) is 9.61. The van der Waals surface area contributed by atoms with Gasteiger partial charge in [-0.15, -0.1) is 11.3 Å². The van der Waals surface area contributed by atoms with Crippen molar-refractivity contribution in [3.8, 4) is 0 Å². The lowest BCUT2D eigenvalue weighted by Crippen LogP contribution is -2.17. The van der Waals surface area contributed by atoms with Gasteiger partial charge in [0.25, 0.3) is 0 Å². The molecule has 108 valence electrons. The second-order valence-electron chi connectivity index (χ2n) is 5.64. The Balaban J connectivity index is 1.55. The second-order valence-corrected chi connectivity index (χ2v) is 6.73. The van der Waals surface area contributed by atoms with Crippen LogP contribution >= 0.6 is 11.3 Å². The van der Waals surface area contributed by atoms with E-state index in [1.807, 2.05) is 6.92 Å². The zero-order valence-corrected chi connectivity index (χ0v) is 12.3. The first-order valence-corrected chi connectivity index (χ1v) is 7.83. The lowest BCUT2D eigenvalue weighted by atomic mass is 10.1. The second kappa shape index (κ2) is 5.52. The number of rotatable bonds is 5. The molecule has 2 fully saturated rings. The number of esters is 1. The molecule has 1 aliphatic heterocycles. The van der Waals surface area contributed by atoms with Crippen LogP contribution in [-0.4, -0.2) is 30.0 Å². The lowest BCUT2D eigenvalue weighted by molar-refractivity contribution is -0.119. The van der Waals surface area contributed by atoms with E-state index in [0.717, 1.165) is 23.0 Å². The van der Waals surface area contributed by atoms with E-state index in [9.17, 15) is 9.59 Å². The standard InChI is InChI=1S/C14H18N2O3S/c1-8-13(20-12(16-8)5-9-2-3-9)14(18)19-7-10-4-11(17)15-6-10/h9-10H,2-7H2,1H3,(H,15,17). The predicted octanol–water partition coefficient (Wildman–Crippen LogP) is 1.70. The fraction of sp³-hybridized carbons (Fsp3) is 0.643. The summed E-state index contributed by atoms with van der Waals surface area (Å²) < 4.78 is 5.31. The van der Waals surface area contributed by atoms with Crippen LogP contribution in [0.2, 0.25) is 0 Å². The van der Waals surface area contributed by atoms with E-state index in [2.05, 4.69) is 10.3 Å². The average Bonchev–Trinajstić information content (AvgIpc) is 3.00. The van der Waals surface area contributed by atoms with Gasteiger partial charge in [0.05, 0.1) is 17.3 Å². The van der Waals surface area contributed by atoms with Crippen molar-refractivity contribution in [2.45, 2.75) is 32.6 Å². The summed E-state index contributed by atoms with van der Waals surface area (Å²) in [5, 5.41) is 3.77. The highest BCUT2D eigenvalue weighted by Crippen LogP contribution is 2.34. The monoisotopic (exact) mass is 294 g/mol. The number of thiazole rings is 1. The minimum absolute atomic E-state index is 0.0340. The Morgan fingerprint density at radius 1 is 1.45 bits per heavy atom. The quantitative estimate of drug-likeness (QED) is 0.839. The fourth-order valence-electron chi connectivity index (χ4n) is 2.34. The molecular formula is C14H18N2O3S. The van der Waals surface area contributed by atoms with Gasteiger partial charge < -0.3 is 10.1 Å². The van der Waals surface area contributed by atoms with Gasteiger partial charge in [-0.2, -0.15) is 0 Å². The Morgan fingerprint density at radius 2 is 2.25 bits per heavy atom. The highest BCUT2D eigenvalue weighted by Gasteiger charge is 2.26. The summed E-state index contributed by atoms with van der Waals surface area (Å²) in [6, 6.07) is 0. The third-order valence-corrected chi connectivity index (χ3v) is 4.86. The molecule has 5 nitrogen and oxygen atoms in total. The third-order valence-electron chi connectivity index (χ3n) is 3.70. The molecule has 20 heavy (non-hydrogen) atoms. The number of ether oxygens (including phenoxy) is 1. The first kappa shape index (κ1) is 13.5. The van der Waals surface area contributed by atoms with E-state index in [1.54, 1.807) is 0 Å². The van der Waals surface area contributed by atoms with Crippen molar-refractivity contribution < 1.29 is 14.3 Å². The molecule has 0 aromatic carbocycles. The molecule has 3 rings (SSSR count). The van der Waals surface area contributed by atoms with Crippen molar-refractivity contribution in [3.63, 3.8) is 0 Å². The van der Waals surface area contributed by atoms with Crippen LogP contribution in [0, 0.1) is 18.8 Å². The Morgan fingerprint density at radius 3 is 2.90 bits per heavy atom. The molecule has 0 bridgehead atoms. The summed E-state index contributed by atoms with van der Waals surface area (Å²) in [6.07, 6.45) is 3.99. The van der Waals surface area contributed by atoms with Crippen LogP contribution in [0.25, 0.3) is 0 Å². The minimum atomic E-state index is -0.304. The molecule has 2 aliphatic rings. The zero-order chi connectivity index (χ0) is 14.1. The molecular weight excluding hydrogens is 276 g/mol. The van der Waals surface area contributed by atoms with Gasteiger partial charge in [-0.1, -0.05) is 0 Å². The van der Waals surface area contributed by atoms with E-state index < -0.39 is 0 Å². The van der Waals surface area contributed by atoms with Gasteiger partial charge in [0.1, 0.15) is 4.88 Å². The van der Waals surface area contributed by atoms with Crippen molar-refractivity contribution >= 4 is 23.2 Å². The number of hydrogen-bond donors (Lipinski definition) is 1. The van der Waals surface area contributed by atoms with Crippen LogP contribution in [-0.2, 0) is 16.0 Å². The number of aryl methyl sites for hydroxylation is 1. The molecule has 1 amide bonds. The Labute approximate surface area is 121 Å². The molecule has 1 unspecified atom stereocenters. The molecule has 6 heteroatoms. The number of hydrogen-bond acceptors (Lipinski definition) is 5. The Hall–Kier alpha value is -1.43. The van der Waals surface area contributed by atoms with E-state index in [1.165, 1.54) is 24.2 Å². The largest absolute Gasteiger partial charge is 0.461 e. The summed E-state index contributed by atoms with van der Waals surface area (Å²) in [6.45, 7) is 2.75. The van der Waals surface area contributed by atoms with Gasteiger partial charge in [-0.05, 0) is 25.7 Å². The molecule has 1 N–H and O–H groups in total. The van der Waals surface area contributed by atoms with Crippen LogP contribution in [0.15, 0.2) is 0 Å². The van der Waals surface area contributed by atoms with Crippen LogP contribution < -0.4 is 5.32 Å². The third kappa shape index (κ3) is 3.17. The summed E-state index contributed by atoms with van der Waals surface area (Å²) in [7, 11) is 0. The van der Waals surface area contributed by atoms with Gasteiger partial charge >= 0.3 is 5.97 Å². The SMILES string of the molecule is Cc1nc(CC2CC2)sc1C(=O)OCC1CNC(=O)C1. The molecule has 1 saturated heterocycles. The Kier molecular flexibility index (Phi) is 3.74. The maximum absolute atomic E-state index is 12.1. The van der Waals surface area contributed by atoms with Crippen LogP contribution in [0.5, 0.6) is 0 Å². The fourth-order valence-corrected chi connectivity index (χ4v) is 3.41. The van der Waals surface area contributed by atoms with Crippen LogP contribution in [0.3, 0.4) is 0 Å². The Bertz CT molecular complexity index is 537. The zero-order valence-electron chi connectivity index (χ0n) is 11.5. The van der Waals surface area contributed by atoms with Crippen molar-refractivity contribution in [1.82, 2.24) is 10.3 Å². The highest BCUT2D eigenvalue weighted by molar-refractivity contribution is 7.13. The number of carbonyl (C=O) groups excluding carboxylic acids is 2. The van der Waals surface area contributed by atoms with Gasteiger partial charge in [0.2, 0.25) is 5.91 Å². The minimum Gasteiger partial charge on any atom is -0.461 e. The predicted molar refractivity (Wildman–Crippen MR) is 74.7 cm³/mol. The van der Waals surface area contributed by atoms with E-state index in [4.69, 9.17) is 4.74 Å². The van der Waals surface area contributed by atoms with Crippen molar-refractivity contribution in [1.29, 1.82) is 0 Å². The maximum atomic E-state index is 12.1. The summed E-state index contributed by atoms with van der Waals surface area (Å²) in [5.74, 6) is 0.596. The topological polar surface area (TPSA) is 68.3 Å². The molecule has 2 heterocycles. The summed E-state index contributed by atoms with van der Waals surface area (Å²) >= 11 is 1.45. The number of nitrogens with one attached hydrogen (secondary N) is 1. The highest BCUT2D eigenvalue weighted by atomic mass is 32.1. The van der Waals surface area contributed by atoms with Crippen molar-refractivity contribution in [2.75, 3.05) is 13.2 Å². The smallest absolute Gasteiger partial charge is 0.350 e. The number of carbonyl (C=O) groups is 2. The first-order valence-electron chi connectivity index (χ1n) is 7.02. The van der Waals surface area contributed by atoms with Crippen LogP contribution in [0.1, 0.15) is 39.6 Å². The maximum Gasteiger partial charge on any atom is 0.350 e. The van der Waals surface area contributed by atoms with Gasteiger partial charge in [0, 0.05) is 25.3 Å². The molecule has 1 saturated carbocycles. The molecule has 1 aliphatic carbocycles. The van der Waals surface area contributed by atoms with Crippen molar-refractivity contribution in [2.24, 2.45) is 11.8 Å². The number of nitrogens with zero attached hydrogens (tertiary/aromatic N) is 1. The van der Waals surface area contributed by atoms with E-state index in [-0.39, 0.29) is 17.8 Å². The van der Waals surface area contributed by atoms with Gasteiger partial charge in [-0.25, -0.2) is 9.78 Å². The van der Waals surface area contributed by atoms with E-state index in [0.29, 0.717) is 24.4 Å². The van der Waals surface area contributed by atoms with Gasteiger partial charge in [0.15, 0.2) is 0 Å². The average molecular weight is 294 g/mol. The molecule has 1 aromatic heterocycles. The van der Waals surface area contributed by atoms with Crippen molar-refractivity contribution in [3.05, 3.63) is 15.6 Å². The summed E-state index contributed by atoms with van der Waals surface area (Å²) in [5.41, 5.74) is 0.760. The van der Waals surface area contributed by atoms with Gasteiger partial charge in [-0.3, -0.25) is 4.79 Å². The molecule has 0 radical (unpaired) electrons. The normalized spacial score (nSPS) is 21.9. The molecule has 1 aromatic rings. The number of aromatic nitrogens is 1. The molecule has 0 spiro atoms. The summed E-state index contributed by atoms with van der Waals surface area (Å²) in [4.78, 5) is 28.2. The van der Waals surface area contributed by atoms with Crippen LogP contribution in [0.4, 0.5) is 0 Å². The van der Waals surface area contributed by atoms with E-state index >= 15 is 0 Å². The molecule has 1 atom stereocenters.